The number of nitrogens with zero attached hydrogens (tertiary/aromatic N) is 2. The Bertz CT molecular complexity index is 553. The molecule has 2 unspecified atom stereocenters. The summed E-state index contributed by atoms with van der Waals surface area (Å²) in [5.74, 6) is 0.859. The summed E-state index contributed by atoms with van der Waals surface area (Å²) < 4.78 is 0. The zero-order valence-electron chi connectivity index (χ0n) is 16.5. The number of hydrogen-bond acceptors (Lipinski definition) is 2. The lowest BCUT2D eigenvalue weighted by molar-refractivity contribution is 0.0967. The molecule has 1 saturated carbocycles. The molecule has 1 aliphatic heterocycles. The van der Waals surface area contributed by atoms with Crippen molar-refractivity contribution < 1.29 is 0 Å². The molecule has 2 fully saturated rings. The molecule has 0 bridgehead atoms. The van der Waals surface area contributed by atoms with Crippen LogP contribution in [0, 0.1) is 18.3 Å². The van der Waals surface area contributed by atoms with Crippen molar-refractivity contribution in [2.45, 2.75) is 85.0 Å². The monoisotopic (exact) mass is 328 g/mol. The summed E-state index contributed by atoms with van der Waals surface area (Å²) in [5.41, 5.74) is 3.06. The van der Waals surface area contributed by atoms with Gasteiger partial charge < -0.3 is 4.90 Å². The summed E-state index contributed by atoms with van der Waals surface area (Å²) in [6.45, 7) is 11.9. The molecular formula is C22H36N2. The predicted octanol–water partition coefficient (Wildman–Crippen LogP) is 5.46. The number of para-hydroxylation sites is 1. The molecule has 2 nitrogen and oxygen atoms in total. The van der Waals surface area contributed by atoms with Gasteiger partial charge >= 0.3 is 0 Å². The van der Waals surface area contributed by atoms with Gasteiger partial charge in [0.2, 0.25) is 0 Å². The smallest absolute Gasteiger partial charge is 0.0874 e. The Balaban J connectivity index is 2.00. The van der Waals surface area contributed by atoms with Crippen LogP contribution >= 0.6 is 0 Å². The average Bonchev–Trinajstić information content (AvgIpc) is 2.79. The Morgan fingerprint density at radius 1 is 1.00 bits per heavy atom. The van der Waals surface area contributed by atoms with E-state index >= 15 is 0 Å². The lowest BCUT2D eigenvalue weighted by atomic mass is 9.81. The lowest BCUT2D eigenvalue weighted by Crippen LogP contribution is -2.48. The van der Waals surface area contributed by atoms with Crippen LogP contribution in [0.2, 0.25) is 0 Å². The first kappa shape index (κ1) is 17.8. The van der Waals surface area contributed by atoms with Gasteiger partial charge in [0.05, 0.1) is 6.17 Å². The molecule has 1 aliphatic carbocycles. The normalized spacial score (nSPS) is 30.1. The molecule has 0 spiro atoms. The second-order valence-corrected chi connectivity index (χ2v) is 9.23. The summed E-state index contributed by atoms with van der Waals surface area (Å²) in [7, 11) is 2.38. The van der Waals surface area contributed by atoms with Gasteiger partial charge in [0.15, 0.2) is 0 Å². The Morgan fingerprint density at radius 2 is 1.62 bits per heavy atom. The maximum atomic E-state index is 2.73. The second kappa shape index (κ2) is 6.71. The number of likely N-dealkylation sites (N-methyl/N-ethyl adjacent to an activating group) is 1. The molecule has 1 aromatic carbocycles. The van der Waals surface area contributed by atoms with Gasteiger partial charge in [-0.2, -0.15) is 0 Å². The fourth-order valence-corrected chi connectivity index (χ4v) is 5.52. The van der Waals surface area contributed by atoms with Gasteiger partial charge in [-0.1, -0.05) is 58.2 Å². The minimum absolute atomic E-state index is 0.231. The number of benzene rings is 1. The SMILES string of the molecule is Cc1ccccc1N1C(C(C)(C)C)N(C)C(C2CCCCC2)[C@@H]1C. The van der Waals surface area contributed by atoms with E-state index in [1.54, 1.807) is 0 Å². The van der Waals surface area contributed by atoms with E-state index in [9.17, 15) is 0 Å². The van der Waals surface area contributed by atoms with Crippen LogP contribution in [0.15, 0.2) is 24.3 Å². The largest absolute Gasteiger partial charge is 0.351 e. The zero-order chi connectivity index (χ0) is 17.5. The van der Waals surface area contributed by atoms with E-state index < -0.39 is 0 Å². The van der Waals surface area contributed by atoms with Gasteiger partial charge in [-0.15, -0.1) is 0 Å². The quantitative estimate of drug-likeness (QED) is 0.711. The van der Waals surface area contributed by atoms with E-state index in [1.807, 2.05) is 0 Å². The highest BCUT2D eigenvalue weighted by Gasteiger charge is 2.50. The maximum absolute atomic E-state index is 2.73. The molecule has 2 aliphatic rings. The molecule has 24 heavy (non-hydrogen) atoms. The van der Waals surface area contributed by atoms with Gasteiger partial charge in [0, 0.05) is 17.8 Å². The van der Waals surface area contributed by atoms with E-state index in [4.69, 9.17) is 0 Å². The minimum atomic E-state index is 0.231. The van der Waals surface area contributed by atoms with Crippen LogP contribution in [0.1, 0.15) is 65.4 Å². The van der Waals surface area contributed by atoms with Gasteiger partial charge in [-0.3, -0.25) is 4.90 Å². The van der Waals surface area contributed by atoms with E-state index in [0.29, 0.717) is 18.2 Å². The van der Waals surface area contributed by atoms with Gasteiger partial charge in [0.1, 0.15) is 0 Å². The van der Waals surface area contributed by atoms with Crippen LogP contribution in [0.25, 0.3) is 0 Å². The van der Waals surface area contributed by atoms with E-state index in [1.165, 1.54) is 43.4 Å². The lowest BCUT2D eigenvalue weighted by Gasteiger charge is -2.41. The van der Waals surface area contributed by atoms with Crippen molar-refractivity contribution in [3.63, 3.8) is 0 Å². The van der Waals surface area contributed by atoms with Gasteiger partial charge in [-0.05, 0) is 56.7 Å². The first-order chi connectivity index (χ1) is 11.3. The molecule has 3 rings (SSSR count). The Labute approximate surface area is 149 Å². The van der Waals surface area contributed by atoms with Gasteiger partial charge in [-0.25, -0.2) is 0 Å². The maximum Gasteiger partial charge on any atom is 0.0874 e. The van der Waals surface area contributed by atoms with Crippen LogP contribution < -0.4 is 4.90 Å². The predicted molar refractivity (Wildman–Crippen MR) is 104 cm³/mol. The molecule has 1 aromatic rings. The highest BCUT2D eigenvalue weighted by atomic mass is 15.5. The summed E-state index contributed by atoms with van der Waals surface area (Å²) in [6.07, 6.45) is 7.57. The first-order valence-electron chi connectivity index (χ1n) is 9.88. The number of anilines is 1. The summed E-state index contributed by atoms with van der Waals surface area (Å²) >= 11 is 0. The third-order valence-corrected chi connectivity index (χ3v) is 6.35. The van der Waals surface area contributed by atoms with Crippen LogP contribution in [0.5, 0.6) is 0 Å². The van der Waals surface area contributed by atoms with Crippen molar-refractivity contribution in [1.82, 2.24) is 4.90 Å². The fourth-order valence-electron chi connectivity index (χ4n) is 5.52. The van der Waals surface area contributed by atoms with Crippen molar-refractivity contribution in [2.24, 2.45) is 11.3 Å². The fraction of sp³-hybridized carbons (Fsp3) is 0.727. The Kier molecular flexibility index (Phi) is 4.97. The molecule has 0 amide bonds. The molecule has 0 N–H and O–H groups in total. The number of hydrogen-bond donors (Lipinski definition) is 0. The minimum Gasteiger partial charge on any atom is -0.351 e. The Hall–Kier alpha value is -1.02. The highest BCUT2D eigenvalue weighted by Crippen LogP contribution is 2.44. The third kappa shape index (κ3) is 3.10. The van der Waals surface area contributed by atoms with Crippen LogP contribution in [-0.4, -0.2) is 30.2 Å². The van der Waals surface area contributed by atoms with Crippen molar-refractivity contribution in [3.8, 4) is 0 Å². The third-order valence-electron chi connectivity index (χ3n) is 6.35. The molecule has 0 aromatic heterocycles. The van der Waals surface area contributed by atoms with Crippen LogP contribution in [-0.2, 0) is 0 Å². The zero-order valence-corrected chi connectivity index (χ0v) is 16.5. The second-order valence-electron chi connectivity index (χ2n) is 9.23. The summed E-state index contributed by atoms with van der Waals surface area (Å²) in [6, 6.07) is 10.2. The molecule has 1 heterocycles. The molecule has 3 atom stereocenters. The van der Waals surface area contributed by atoms with E-state index in [2.05, 4.69) is 75.7 Å². The first-order valence-corrected chi connectivity index (χ1v) is 9.88. The topological polar surface area (TPSA) is 6.48 Å². The van der Waals surface area contributed by atoms with Crippen molar-refractivity contribution in [2.75, 3.05) is 11.9 Å². The molecule has 1 saturated heterocycles. The molecule has 0 radical (unpaired) electrons. The number of rotatable bonds is 2. The molecule has 134 valence electrons. The average molecular weight is 329 g/mol. The summed E-state index contributed by atoms with van der Waals surface area (Å²) in [5, 5.41) is 0. The molecule has 2 heteroatoms. The van der Waals surface area contributed by atoms with E-state index in [0.717, 1.165) is 5.92 Å². The highest BCUT2D eigenvalue weighted by molar-refractivity contribution is 5.56. The number of aryl methyl sites for hydroxylation is 1. The van der Waals surface area contributed by atoms with Crippen LogP contribution in [0.4, 0.5) is 5.69 Å². The van der Waals surface area contributed by atoms with E-state index in [-0.39, 0.29) is 5.41 Å². The van der Waals surface area contributed by atoms with Crippen LogP contribution in [0.3, 0.4) is 0 Å². The van der Waals surface area contributed by atoms with Gasteiger partial charge in [0.25, 0.3) is 0 Å². The molecular weight excluding hydrogens is 292 g/mol. The standard InChI is InChI=1S/C22H36N2/c1-16-12-10-11-15-19(16)24-17(2)20(18-13-8-7-9-14-18)23(6)21(24)22(3,4)5/h10-12,15,17-18,20-21H,7-9,13-14H2,1-6H3/t17-,20?,21?/m0/s1. The van der Waals surface area contributed by atoms with Crippen molar-refractivity contribution in [1.29, 1.82) is 0 Å². The Morgan fingerprint density at radius 3 is 2.21 bits per heavy atom. The summed E-state index contributed by atoms with van der Waals surface area (Å²) in [4.78, 5) is 5.45. The van der Waals surface area contributed by atoms with Crippen molar-refractivity contribution >= 4 is 5.69 Å². The van der Waals surface area contributed by atoms with Crippen molar-refractivity contribution in [3.05, 3.63) is 29.8 Å².